The van der Waals surface area contributed by atoms with E-state index in [1.54, 1.807) is 13.2 Å². The average Bonchev–Trinajstić information content (AvgIpc) is 2.30. The van der Waals surface area contributed by atoms with Gasteiger partial charge in [-0.05, 0) is 18.2 Å². The minimum Gasteiger partial charge on any atom is -0.496 e. The molecule has 0 saturated heterocycles. The predicted octanol–water partition coefficient (Wildman–Crippen LogP) is 3.38. The Morgan fingerprint density at radius 1 is 1.25 bits per heavy atom. The van der Waals surface area contributed by atoms with Gasteiger partial charge in [-0.2, -0.15) is 4.39 Å². The molecule has 0 aliphatic heterocycles. The largest absolute Gasteiger partial charge is 0.496 e. The maximum Gasteiger partial charge on any atom is 0.213 e. The number of hydrogen-bond donors (Lipinski definition) is 0. The van der Waals surface area contributed by atoms with Crippen LogP contribution < -0.4 is 4.74 Å². The van der Waals surface area contributed by atoms with Gasteiger partial charge in [0.15, 0.2) is 0 Å². The van der Waals surface area contributed by atoms with Gasteiger partial charge in [-0.1, -0.05) is 23.9 Å². The van der Waals surface area contributed by atoms with E-state index in [-0.39, 0.29) is 0 Å². The van der Waals surface area contributed by atoms with Crippen LogP contribution in [0.1, 0.15) is 0 Å². The van der Waals surface area contributed by atoms with Gasteiger partial charge in [-0.15, -0.1) is 0 Å². The molecule has 0 unspecified atom stereocenters. The molecule has 2 rings (SSSR count). The van der Waals surface area contributed by atoms with Gasteiger partial charge in [-0.3, -0.25) is 0 Å². The maximum absolute atomic E-state index is 12.9. The Morgan fingerprint density at radius 3 is 2.81 bits per heavy atom. The molecule has 0 amide bonds. The third kappa shape index (κ3) is 2.52. The molecule has 0 radical (unpaired) electrons. The van der Waals surface area contributed by atoms with E-state index in [9.17, 15) is 4.39 Å². The highest BCUT2D eigenvalue weighted by Crippen LogP contribution is 2.34. The van der Waals surface area contributed by atoms with E-state index < -0.39 is 5.95 Å². The summed E-state index contributed by atoms with van der Waals surface area (Å²) in [5.41, 5.74) is 0. The van der Waals surface area contributed by atoms with Crippen molar-refractivity contribution in [2.24, 2.45) is 0 Å². The maximum atomic E-state index is 12.9. The second-order valence-corrected chi connectivity index (χ2v) is 4.18. The molecule has 0 aliphatic rings. The van der Waals surface area contributed by atoms with Crippen LogP contribution in [0.2, 0.25) is 0 Å². The molecule has 2 aromatic rings. The van der Waals surface area contributed by atoms with E-state index >= 15 is 0 Å². The Balaban J connectivity index is 2.26. The van der Waals surface area contributed by atoms with Crippen LogP contribution in [0.25, 0.3) is 0 Å². The first-order valence-corrected chi connectivity index (χ1v) is 5.53. The molecule has 0 saturated carbocycles. The highest BCUT2D eigenvalue weighted by molar-refractivity contribution is 7.99. The molecule has 82 valence electrons. The Labute approximate surface area is 97.5 Å². The highest BCUT2D eigenvalue weighted by Gasteiger charge is 2.04. The highest BCUT2D eigenvalue weighted by atomic mass is 32.2. The van der Waals surface area contributed by atoms with E-state index in [4.69, 9.17) is 4.74 Å². The fourth-order valence-electron chi connectivity index (χ4n) is 1.28. The Kier molecular flexibility index (Phi) is 3.41. The summed E-state index contributed by atoms with van der Waals surface area (Å²) in [5, 5.41) is 0. The van der Waals surface area contributed by atoms with E-state index in [0.29, 0.717) is 0 Å². The number of benzene rings is 1. The average molecular weight is 235 g/mol. The molecule has 0 fully saturated rings. The molecular formula is C12H10FNOS. The van der Waals surface area contributed by atoms with Crippen molar-refractivity contribution in [2.45, 2.75) is 9.79 Å². The summed E-state index contributed by atoms with van der Waals surface area (Å²) in [6, 6.07) is 10.8. The van der Waals surface area contributed by atoms with Gasteiger partial charge in [0.25, 0.3) is 0 Å². The summed E-state index contributed by atoms with van der Waals surface area (Å²) < 4.78 is 18.1. The van der Waals surface area contributed by atoms with Gasteiger partial charge in [0.1, 0.15) is 5.75 Å². The van der Waals surface area contributed by atoms with Crippen molar-refractivity contribution in [1.82, 2.24) is 4.98 Å². The summed E-state index contributed by atoms with van der Waals surface area (Å²) in [7, 11) is 1.62. The Morgan fingerprint density at radius 2 is 2.06 bits per heavy atom. The lowest BCUT2D eigenvalue weighted by molar-refractivity contribution is 0.405. The van der Waals surface area contributed by atoms with Gasteiger partial charge >= 0.3 is 0 Å². The smallest absolute Gasteiger partial charge is 0.213 e. The van der Waals surface area contributed by atoms with Crippen molar-refractivity contribution in [3.63, 3.8) is 0 Å². The Bertz CT molecular complexity index is 490. The molecule has 0 aliphatic carbocycles. The lowest BCUT2D eigenvalue weighted by atomic mass is 10.3. The third-order valence-electron chi connectivity index (χ3n) is 1.99. The quantitative estimate of drug-likeness (QED) is 0.761. The van der Waals surface area contributed by atoms with Crippen molar-refractivity contribution in [3.05, 3.63) is 48.5 Å². The van der Waals surface area contributed by atoms with Crippen LogP contribution in [-0.2, 0) is 0 Å². The van der Waals surface area contributed by atoms with Crippen molar-refractivity contribution in [1.29, 1.82) is 0 Å². The predicted molar refractivity (Wildman–Crippen MR) is 61.3 cm³/mol. The molecule has 1 aromatic heterocycles. The monoisotopic (exact) mass is 235 g/mol. The lowest BCUT2D eigenvalue weighted by Gasteiger charge is -2.07. The summed E-state index contributed by atoms with van der Waals surface area (Å²) in [6.45, 7) is 0. The normalized spacial score (nSPS) is 10.1. The van der Waals surface area contributed by atoms with Crippen LogP contribution in [-0.4, -0.2) is 12.1 Å². The minimum atomic E-state index is -0.472. The number of pyridine rings is 1. The van der Waals surface area contributed by atoms with Gasteiger partial charge in [0, 0.05) is 17.2 Å². The van der Waals surface area contributed by atoms with Crippen molar-refractivity contribution < 1.29 is 9.13 Å². The number of aromatic nitrogens is 1. The second-order valence-electron chi connectivity index (χ2n) is 3.07. The van der Waals surface area contributed by atoms with E-state index in [1.165, 1.54) is 24.0 Å². The molecule has 16 heavy (non-hydrogen) atoms. The van der Waals surface area contributed by atoms with Gasteiger partial charge in [-0.25, -0.2) is 4.98 Å². The van der Waals surface area contributed by atoms with Crippen molar-refractivity contribution in [3.8, 4) is 5.75 Å². The first-order chi connectivity index (χ1) is 7.79. The number of hydrogen-bond acceptors (Lipinski definition) is 3. The van der Waals surface area contributed by atoms with Crippen LogP contribution in [0.4, 0.5) is 4.39 Å². The topological polar surface area (TPSA) is 22.1 Å². The standard InChI is InChI=1S/C12H10FNOS/c1-15-10-4-2-3-5-11(10)16-9-6-7-14-12(13)8-9/h2-8H,1H3. The zero-order chi connectivity index (χ0) is 11.4. The van der Waals surface area contributed by atoms with E-state index in [0.717, 1.165) is 15.5 Å². The van der Waals surface area contributed by atoms with Crippen LogP contribution in [0.15, 0.2) is 52.4 Å². The first-order valence-electron chi connectivity index (χ1n) is 4.72. The number of ether oxygens (including phenoxy) is 1. The fraction of sp³-hybridized carbons (Fsp3) is 0.0833. The van der Waals surface area contributed by atoms with E-state index in [1.807, 2.05) is 24.3 Å². The molecule has 0 spiro atoms. The fourth-order valence-corrected chi connectivity index (χ4v) is 2.22. The molecule has 1 heterocycles. The van der Waals surface area contributed by atoms with Gasteiger partial charge < -0.3 is 4.74 Å². The number of halogens is 1. The lowest BCUT2D eigenvalue weighted by Crippen LogP contribution is -1.86. The number of rotatable bonds is 3. The van der Waals surface area contributed by atoms with Crippen molar-refractivity contribution >= 4 is 11.8 Å². The molecular weight excluding hydrogens is 225 g/mol. The zero-order valence-corrected chi connectivity index (χ0v) is 9.50. The van der Waals surface area contributed by atoms with Crippen LogP contribution in [0, 0.1) is 5.95 Å². The number of nitrogens with zero attached hydrogens (tertiary/aromatic N) is 1. The third-order valence-corrected chi connectivity index (χ3v) is 3.04. The SMILES string of the molecule is COc1ccccc1Sc1ccnc(F)c1. The van der Waals surface area contributed by atoms with Gasteiger partial charge in [0.2, 0.25) is 5.95 Å². The molecule has 1 aromatic carbocycles. The second kappa shape index (κ2) is 4.99. The summed E-state index contributed by atoms with van der Waals surface area (Å²) in [5.74, 6) is 0.310. The zero-order valence-electron chi connectivity index (χ0n) is 8.68. The number of para-hydroxylation sites is 1. The van der Waals surface area contributed by atoms with Crippen LogP contribution in [0.5, 0.6) is 5.75 Å². The van der Waals surface area contributed by atoms with E-state index in [2.05, 4.69) is 4.98 Å². The minimum absolute atomic E-state index is 0.472. The summed E-state index contributed by atoms with van der Waals surface area (Å²) in [4.78, 5) is 5.27. The molecule has 0 atom stereocenters. The first kappa shape index (κ1) is 11.0. The molecule has 2 nitrogen and oxygen atoms in total. The summed E-state index contributed by atoms with van der Waals surface area (Å²) in [6.07, 6.45) is 1.45. The number of methoxy groups -OCH3 is 1. The molecule has 0 N–H and O–H groups in total. The molecule has 4 heteroatoms. The van der Waals surface area contributed by atoms with Crippen molar-refractivity contribution in [2.75, 3.05) is 7.11 Å². The summed E-state index contributed by atoms with van der Waals surface area (Å²) >= 11 is 1.45. The molecule has 0 bridgehead atoms. The van der Waals surface area contributed by atoms with Crippen LogP contribution in [0.3, 0.4) is 0 Å². The van der Waals surface area contributed by atoms with Crippen LogP contribution >= 0.6 is 11.8 Å². The Hall–Kier alpha value is -1.55. The van der Waals surface area contributed by atoms with Gasteiger partial charge in [0.05, 0.1) is 12.0 Å².